The minimum atomic E-state index is -0.530. The Balaban J connectivity index is -0.000000369. The average molecular weight is 431 g/mol. The number of esters is 1. The van der Waals surface area contributed by atoms with Crippen LogP contribution in [0.2, 0.25) is 0 Å². The van der Waals surface area contributed by atoms with E-state index in [1.165, 1.54) is 32.6 Å². The number of rotatable bonds is 13. The summed E-state index contributed by atoms with van der Waals surface area (Å²) in [5.74, 6) is -0.430. The lowest BCUT2D eigenvalue weighted by Crippen LogP contribution is -2.19. The lowest BCUT2D eigenvalue weighted by atomic mass is 9.99. The van der Waals surface area contributed by atoms with Gasteiger partial charge in [-0.15, -0.1) is 23.2 Å². The fraction of sp³-hybridized carbons (Fsp3) is 0.900. The van der Waals surface area contributed by atoms with Crippen LogP contribution in [0.25, 0.3) is 0 Å². The SMILES string of the molecule is CC(=O)CC(Cl)Cl.CCCCCC.CCOC(=O)C(CCO)CCCCO. The molecule has 0 bridgehead atoms. The number of unbranched alkanes of at least 4 members (excludes halogenated alkanes) is 4. The number of hydrogen-bond acceptors (Lipinski definition) is 5. The van der Waals surface area contributed by atoms with E-state index in [9.17, 15) is 9.59 Å². The number of ether oxygens (including phenoxy) is 1. The molecule has 0 amide bonds. The Morgan fingerprint density at radius 2 is 1.44 bits per heavy atom. The summed E-state index contributed by atoms with van der Waals surface area (Å²) in [6.07, 6.45) is 8.41. The van der Waals surface area contributed by atoms with Gasteiger partial charge in [0.1, 0.15) is 10.6 Å². The van der Waals surface area contributed by atoms with E-state index >= 15 is 0 Å². The number of aliphatic hydroxyl groups excluding tert-OH is 2. The summed E-state index contributed by atoms with van der Waals surface area (Å²) in [5.41, 5.74) is 0. The van der Waals surface area contributed by atoms with E-state index in [-0.39, 0.29) is 37.3 Å². The fourth-order valence-electron chi connectivity index (χ4n) is 2.02. The van der Waals surface area contributed by atoms with Gasteiger partial charge >= 0.3 is 5.97 Å². The summed E-state index contributed by atoms with van der Waals surface area (Å²) in [5, 5.41) is 17.3. The molecule has 0 radical (unpaired) electrons. The highest BCUT2D eigenvalue weighted by Crippen LogP contribution is 2.14. The number of carbonyl (C=O) groups is 2. The quantitative estimate of drug-likeness (QED) is 0.242. The molecule has 5 nitrogen and oxygen atoms in total. The molecule has 0 rings (SSSR count). The van der Waals surface area contributed by atoms with Crippen LogP contribution in [0.4, 0.5) is 0 Å². The molecule has 0 heterocycles. The summed E-state index contributed by atoms with van der Waals surface area (Å²) >= 11 is 10.4. The van der Waals surface area contributed by atoms with E-state index in [4.69, 9.17) is 38.2 Å². The average Bonchev–Trinajstić information content (AvgIpc) is 2.59. The molecule has 0 aromatic rings. The molecule has 27 heavy (non-hydrogen) atoms. The van der Waals surface area contributed by atoms with Gasteiger partial charge in [0.05, 0.1) is 12.5 Å². The van der Waals surface area contributed by atoms with Crippen molar-refractivity contribution in [3.05, 3.63) is 0 Å². The first kappa shape index (κ1) is 31.3. The smallest absolute Gasteiger partial charge is 0.309 e. The Labute approximate surface area is 175 Å². The van der Waals surface area contributed by atoms with Gasteiger partial charge in [-0.2, -0.15) is 0 Å². The van der Waals surface area contributed by atoms with Crippen LogP contribution in [0.3, 0.4) is 0 Å². The van der Waals surface area contributed by atoms with E-state index in [1.54, 1.807) is 6.92 Å². The van der Waals surface area contributed by atoms with Crippen molar-refractivity contribution >= 4 is 35.0 Å². The molecule has 0 aromatic carbocycles. The molecule has 1 unspecified atom stereocenters. The Morgan fingerprint density at radius 1 is 0.889 bits per heavy atom. The van der Waals surface area contributed by atoms with Gasteiger partial charge < -0.3 is 14.9 Å². The van der Waals surface area contributed by atoms with Crippen LogP contribution in [0.1, 0.15) is 85.5 Å². The van der Waals surface area contributed by atoms with Crippen molar-refractivity contribution in [1.82, 2.24) is 0 Å². The Kier molecular flexibility index (Phi) is 29.8. The number of aliphatic hydroxyl groups is 2. The maximum atomic E-state index is 11.3. The van der Waals surface area contributed by atoms with Crippen molar-refractivity contribution in [2.75, 3.05) is 19.8 Å². The van der Waals surface area contributed by atoms with Gasteiger partial charge in [0.15, 0.2) is 0 Å². The molecule has 0 aliphatic carbocycles. The first-order chi connectivity index (χ1) is 12.8. The van der Waals surface area contributed by atoms with Crippen LogP contribution >= 0.6 is 23.2 Å². The van der Waals surface area contributed by atoms with Crippen molar-refractivity contribution in [3.63, 3.8) is 0 Å². The van der Waals surface area contributed by atoms with Gasteiger partial charge in [0, 0.05) is 19.6 Å². The molecule has 0 aromatic heterocycles. The molecule has 0 aliphatic heterocycles. The van der Waals surface area contributed by atoms with Crippen LogP contribution in [0.15, 0.2) is 0 Å². The van der Waals surface area contributed by atoms with Gasteiger partial charge in [0.2, 0.25) is 0 Å². The normalized spacial score (nSPS) is 11.0. The molecular weight excluding hydrogens is 391 g/mol. The third-order valence-corrected chi connectivity index (χ3v) is 3.77. The van der Waals surface area contributed by atoms with E-state index in [2.05, 4.69) is 13.8 Å². The molecule has 1 atom stereocenters. The molecule has 7 heteroatoms. The third-order valence-electron chi connectivity index (χ3n) is 3.46. The number of carbonyl (C=O) groups excluding carboxylic acids is 2. The van der Waals surface area contributed by atoms with Gasteiger partial charge in [-0.1, -0.05) is 46.0 Å². The zero-order chi connectivity index (χ0) is 21.5. The monoisotopic (exact) mass is 430 g/mol. The highest BCUT2D eigenvalue weighted by Gasteiger charge is 2.18. The Hall–Kier alpha value is -0.360. The lowest BCUT2D eigenvalue weighted by molar-refractivity contribution is -0.148. The minimum absolute atomic E-state index is 0.00259. The molecule has 0 spiro atoms. The molecular formula is C20H40Cl2O5. The predicted molar refractivity (Wildman–Crippen MR) is 113 cm³/mol. The molecule has 2 N–H and O–H groups in total. The van der Waals surface area contributed by atoms with E-state index < -0.39 is 4.84 Å². The second-order valence-electron chi connectivity index (χ2n) is 6.18. The molecule has 164 valence electrons. The lowest BCUT2D eigenvalue weighted by Gasteiger charge is -2.13. The summed E-state index contributed by atoms with van der Waals surface area (Å²) in [4.78, 5) is 20.9. The van der Waals surface area contributed by atoms with E-state index in [0.717, 1.165) is 6.42 Å². The fourth-order valence-corrected chi connectivity index (χ4v) is 2.45. The number of Topliss-reactive ketones (excluding diaryl/α,β-unsaturated/α-hetero) is 1. The van der Waals surface area contributed by atoms with E-state index in [1.807, 2.05) is 0 Å². The number of hydrogen-bond donors (Lipinski definition) is 2. The highest BCUT2D eigenvalue weighted by atomic mass is 35.5. The van der Waals surface area contributed by atoms with Gasteiger partial charge in [-0.25, -0.2) is 0 Å². The minimum Gasteiger partial charge on any atom is -0.466 e. The van der Waals surface area contributed by atoms with Gasteiger partial charge in [0.25, 0.3) is 0 Å². The Bertz CT molecular complexity index is 321. The van der Waals surface area contributed by atoms with Crippen molar-refractivity contribution in [2.24, 2.45) is 5.92 Å². The zero-order valence-corrected chi connectivity index (χ0v) is 19.0. The predicted octanol–water partition coefficient (Wildman–Crippen LogP) is 5.07. The standard InChI is InChI=1S/C10H20O4.C6H14.C4H6Cl2O/c1-2-14-10(13)9(6-8-12)5-3-4-7-11;1-3-5-6-4-2;1-3(7)2-4(5)6/h9,11-12H,2-8H2,1H3;3-6H2,1-2H3;4H,2H2,1H3. The molecule has 0 saturated carbocycles. The van der Waals surface area contributed by atoms with Crippen molar-refractivity contribution in [3.8, 4) is 0 Å². The molecule has 0 fully saturated rings. The summed E-state index contributed by atoms with van der Waals surface area (Å²) < 4.78 is 4.87. The first-order valence-corrected chi connectivity index (χ1v) is 10.8. The van der Waals surface area contributed by atoms with Crippen LogP contribution in [0.5, 0.6) is 0 Å². The van der Waals surface area contributed by atoms with Crippen LogP contribution in [-0.2, 0) is 14.3 Å². The van der Waals surface area contributed by atoms with Gasteiger partial charge in [-0.05, 0) is 33.1 Å². The number of halogens is 2. The zero-order valence-electron chi connectivity index (χ0n) is 17.5. The largest absolute Gasteiger partial charge is 0.466 e. The molecule has 0 saturated heterocycles. The van der Waals surface area contributed by atoms with Crippen LogP contribution in [-0.4, -0.2) is 46.6 Å². The molecule has 0 aliphatic rings. The van der Waals surface area contributed by atoms with Crippen molar-refractivity contribution in [1.29, 1.82) is 0 Å². The Morgan fingerprint density at radius 3 is 1.74 bits per heavy atom. The highest BCUT2D eigenvalue weighted by molar-refractivity contribution is 6.45. The van der Waals surface area contributed by atoms with E-state index in [0.29, 0.717) is 25.9 Å². The maximum absolute atomic E-state index is 11.3. The summed E-state index contributed by atoms with van der Waals surface area (Å²) in [6.45, 7) is 8.21. The number of ketones is 1. The third kappa shape index (κ3) is 30.6. The first-order valence-electron chi connectivity index (χ1n) is 9.96. The summed E-state index contributed by atoms with van der Waals surface area (Å²) in [7, 11) is 0. The van der Waals surface area contributed by atoms with Gasteiger partial charge in [-0.3, -0.25) is 9.59 Å². The topological polar surface area (TPSA) is 83.8 Å². The van der Waals surface area contributed by atoms with Crippen molar-refractivity contribution in [2.45, 2.75) is 90.3 Å². The summed E-state index contributed by atoms with van der Waals surface area (Å²) in [6, 6.07) is 0. The second-order valence-corrected chi connectivity index (χ2v) is 7.46. The van der Waals surface area contributed by atoms with Crippen LogP contribution < -0.4 is 0 Å². The number of alkyl halides is 2. The van der Waals surface area contributed by atoms with Crippen molar-refractivity contribution < 1.29 is 24.5 Å². The second kappa shape index (κ2) is 25.6. The maximum Gasteiger partial charge on any atom is 0.309 e. The van der Waals surface area contributed by atoms with Crippen LogP contribution in [0, 0.1) is 5.92 Å².